The number of rotatable bonds is 12. The Bertz CT molecular complexity index is 348. The maximum absolute atomic E-state index is 5.75. The van der Waals surface area contributed by atoms with Crippen LogP contribution in [0.1, 0.15) is 53.4 Å². The summed E-state index contributed by atoms with van der Waals surface area (Å²) >= 11 is 0. The van der Waals surface area contributed by atoms with E-state index in [2.05, 4.69) is 13.8 Å². The van der Waals surface area contributed by atoms with Crippen LogP contribution in [0.5, 0.6) is 0 Å². The molecule has 160 valence electrons. The summed E-state index contributed by atoms with van der Waals surface area (Å²) in [6, 6.07) is 0. The van der Waals surface area contributed by atoms with Crippen LogP contribution in [0.15, 0.2) is 0 Å². The van der Waals surface area contributed by atoms with Crippen molar-refractivity contribution in [3.8, 4) is 0 Å². The first-order valence-corrected chi connectivity index (χ1v) is 11.9. The van der Waals surface area contributed by atoms with Crippen LogP contribution in [-0.2, 0) is 36.6 Å². The summed E-state index contributed by atoms with van der Waals surface area (Å²) in [5, 5.41) is 0. The van der Waals surface area contributed by atoms with Crippen molar-refractivity contribution in [3.05, 3.63) is 0 Å². The zero-order valence-electron chi connectivity index (χ0n) is 16.9. The van der Waals surface area contributed by atoms with Gasteiger partial charge in [0.2, 0.25) is 0 Å². The first kappa shape index (κ1) is 23.8. The van der Waals surface area contributed by atoms with E-state index in [1.54, 1.807) is 0 Å². The van der Waals surface area contributed by atoms with E-state index in [-0.39, 0.29) is 18.0 Å². The van der Waals surface area contributed by atoms with Gasteiger partial charge in [-0.15, -0.1) is 0 Å². The Hall–Kier alpha value is 0.540. The van der Waals surface area contributed by atoms with Gasteiger partial charge in [0.15, 0.2) is 12.6 Å². The highest BCUT2D eigenvalue weighted by Crippen LogP contribution is 2.53. The van der Waals surface area contributed by atoms with Gasteiger partial charge in [-0.25, -0.2) is 0 Å². The quantitative estimate of drug-likeness (QED) is 0.247. The molecule has 2 heterocycles. The molecule has 2 atom stereocenters. The lowest BCUT2D eigenvalue weighted by Crippen LogP contribution is -2.45. The Morgan fingerprint density at radius 3 is 1.44 bits per heavy atom. The molecule has 0 bridgehead atoms. The van der Waals surface area contributed by atoms with E-state index in [0.29, 0.717) is 39.6 Å². The minimum atomic E-state index is -1.40. The predicted molar refractivity (Wildman–Crippen MR) is 103 cm³/mol. The normalized spacial score (nSPS) is 31.1. The summed E-state index contributed by atoms with van der Waals surface area (Å²) in [5.41, 5.74) is -0.316. The Kier molecular flexibility index (Phi) is 11.4. The van der Waals surface area contributed by atoms with E-state index in [9.17, 15) is 0 Å². The topological polar surface area (TPSA) is 73.8 Å². The van der Waals surface area contributed by atoms with Crippen LogP contribution < -0.4 is 0 Å². The predicted octanol–water partition coefficient (Wildman–Crippen LogP) is 4.88. The van der Waals surface area contributed by atoms with Gasteiger partial charge in [0.05, 0.1) is 31.8 Å². The molecular weight excluding hydrogens is 394 g/mol. The highest BCUT2D eigenvalue weighted by molar-refractivity contribution is 7.42. The molecule has 0 aromatic rings. The molecule has 2 rings (SSSR count). The molecule has 1 spiro atoms. The molecule has 0 saturated carbocycles. The molecule has 0 N–H and O–H groups in total. The van der Waals surface area contributed by atoms with Crippen molar-refractivity contribution in [1.29, 1.82) is 0 Å². The summed E-state index contributed by atoms with van der Waals surface area (Å²) in [6.07, 6.45) is 3.52. The van der Waals surface area contributed by atoms with E-state index < -0.39 is 17.2 Å². The fraction of sp³-hybridized carbons (Fsp3) is 1.00. The molecule has 0 amide bonds. The monoisotopic (exact) mass is 428 g/mol. The first-order valence-electron chi connectivity index (χ1n) is 9.75. The van der Waals surface area contributed by atoms with Crippen LogP contribution in [-0.4, -0.2) is 52.2 Å². The molecule has 2 saturated heterocycles. The molecule has 2 fully saturated rings. The van der Waals surface area contributed by atoms with Gasteiger partial charge < -0.3 is 27.6 Å². The van der Waals surface area contributed by atoms with E-state index in [4.69, 9.17) is 36.6 Å². The van der Waals surface area contributed by atoms with Crippen molar-refractivity contribution >= 4 is 17.2 Å². The first-order chi connectivity index (χ1) is 13.1. The molecule has 27 heavy (non-hydrogen) atoms. The molecule has 0 aliphatic carbocycles. The molecule has 2 aliphatic rings. The van der Waals surface area contributed by atoms with Crippen molar-refractivity contribution in [2.75, 3.05) is 39.6 Å². The van der Waals surface area contributed by atoms with E-state index in [0.717, 1.165) is 25.7 Å². The van der Waals surface area contributed by atoms with Gasteiger partial charge >= 0.3 is 17.2 Å². The number of hydrogen-bond donors (Lipinski definition) is 0. The van der Waals surface area contributed by atoms with Crippen LogP contribution in [0.4, 0.5) is 0 Å². The van der Waals surface area contributed by atoms with Crippen molar-refractivity contribution in [2.24, 2.45) is 5.41 Å². The third-order valence-corrected chi connectivity index (χ3v) is 6.37. The molecule has 10 heteroatoms. The van der Waals surface area contributed by atoms with E-state index in [1.165, 1.54) is 0 Å². The van der Waals surface area contributed by atoms with Crippen LogP contribution in [0.2, 0.25) is 0 Å². The second kappa shape index (κ2) is 13.0. The lowest BCUT2D eigenvalue weighted by molar-refractivity contribution is -0.122. The van der Waals surface area contributed by atoms with Crippen molar-refractivity contribution in [3.63, 3.8) is 0 Å². The fourth-order valence-corrected chi connectivity index (χ4v) is 4.81. The standard InChI is InChI=1S/C17H34O8P2/c1-5-7-9-18-15(3)24-26-20-11-17(12-21-26)13-22-27(23-14-17)25-16(4)19-10-8-6-2/h15-16H,5-14H2,1-4H3. The Balaban J connectivity index is 1.62. The highest BCUT2D eigenvalue weighted by Gasteiger charge is 2.44. The summed E-state index contributed by atoms with van der Waals surface area (Å²) in [4.78, 5) is 0. The lowest BCUT2D eigenvalue weighted by Gasteiger charge is -2.42. The second-order valence-corrected chi connectivity index (χ2v) is 9.18. The maximum Gasteiger partial charge on any atom is 0.335 e. The van der Waals surface area contributed by atoms with Gasteiger partial charge in [-0.3, -0.25) is 9.05 Å². The summed E-state index contributed by atoms with van der Waals surface area (Å²) in [5.74, 6) is 0. The van der Waals surface area contributed by atoms with Crippen LogP contribution in [0.3, 0.4) is 0 Å². The number of ether oxygens (including phenoxy) is 2. The number of unbranched alkanes of at least 4 members (excludes halogenated alkanes) is 2. The molecule has 2 aliphatic heterocycles. The average molecular weight is 428 g/mol. The molecular formula is C17H34O8P2. The molecule has 0 aromatic carbocycles. The van der Waals surface area contributed by atoms with Gasteiger partial charge in [-0.1, -0.05) is 26.7 Å². The van der Waals surface area contributed by atoms with Crippen molar-refractivity contribution in [2.45, 2.75) is 66.0 Å². The van der Waals surface area contributed by atoms with Crippen molar-refractivity contribution < 1.29 is 36.6 Å². The third kappa shape index (κ3) is 8.83. The average Bonchev–Trinajstić information content (AvgIpc) is 2.66. The second-order valence-electron chi connectivity index (χ2n) is 6.84. The maximum atomic E-state index is 5.75. The zero-order chi connectivity index (χ0) is 19.5. The summed E-state index contributed by atoms with van der Waals surface area (Å²) in [7, 11) is -2.80. The molecule has 8 nitrogen and oxygen atoms in total. The zero-order valence-corrected chi connectivity index (χ0v) is 18.7. The fourth-order valence-electron chi connectivity index (χ4n) is 2.30. The smallest absolute Gasteiger partial charge is 0.335 e. The van der Waals surface area contributed by atoms with Gasteiger partial charge in [0.25, 0.3) is 0 Å². The highest BCUT2D eigenvalue weighted by atomic mass is 31.2. The van der Waals surface area contributed by atoms with Crippen molar-refractivity contribution in [1.82, 2.24) is 0 Å². The SMILES string of the molecule is CCCCOC(C)OP1OCC2(CO1)COP(OC(C)OCCCC)OC2. The van der Waals surface area contributed by atoms with Gasteiger partial charge in [-0.2, -0.15) is 0 Å². The number of hydrogen-bond acceptors (Lipinski definition) is 8. The van der Waals surface area contributed by atoms with Crippen LogP contribution in [0.25, 0.3) is 0 Å². The minimum Gasteiger partial charge on any atom is -0.352 e. The Morgan fingerprint density at radius 2 is 1.11 bits per heavy atom. The molecule has 0 aromatic heterocycles. The Labute approximate surface area is 165 Å². The van der Waals surface area contributed by atoms with Crippen LogP contribution in [0, 0.1) is 5.41 Å². The largest absolute Gasteiger partial charge is 0.352 e. The summed E-state index contributed by atoms with van der Waals surface area (Å²) < 4.78 is 45.5. The van der Waals surface area contributed by atoms with E-state index >= 15 is 0 Å². The Morgan fingerprint density at radius 1 is 0.741 bits per heavy atom. The molecule has 2 unspecified atom stereocenters. The van der Waals surface area contributed by atoms with Gasteiger partial charge in [0.1, 0.15) is 0 Å². The van der Waals surface area contributed by atoms with Crippen LogP contribution >= 0.6 is 17.2 Å². The minimum absolute atomic E-state index is 0.316. The lowest BCUT2D eigenvalue weighted by atomic mass is 9.93. The van der Waals surface area contributed by atoms with Gasteiger partial charge in [0, 0.05) is 13.2 Å². The van der Waals surface area contributed by atoms with E-state index in [1.807, 2.05) is 13.8 Å². The summed E-state index contributed by atoms with van der Waals surface area (Å²) in [6.45, 7) is 11.2. The van der Waals surface area contributed by atoms with Gasteiger partial charge in [-0.05, 0) is 26.7 Å². The molecule has 0 radical (unpaired) electrons. The third-order valence-electron chi connectivity index (χ3n) is 4.07.